The first kappa shape index (κ1) is 36.8. The zero-order chi connectivity index (χ0) is 41.7. The molecule has 0 aliphatic carbocycles. The van der Waals surface area contributed by atoms with Crippen LogP contribution in [0.25, 0.3) is 92.2 Å². The molecule has 2 heterocycles. The van der Waals surface area contributed by atoms with E-state index >= 15 is 0 Å². The molecule has 0 N–H and O–H groups in total. The Balaban J connectivity index is 0.995. The van der Waals surface area contributed by atoms with Gasteiger partial charge in [0.15, 0.2) is 0 Å². The van der Waals surface area contributed by atoms with Gasteiger partial charge >= 0.3 is 0 Å². The molecule has 0 saturated carbocycles. The number of hydrogen-bond donors (Lipinski definition) is 0. The summed E-state index contributed by atoms with van der Waals surface area (Å²) < 4.78 is 5.08. The molecule has 0 atom stereocenters. The first-order valence-corrected chi connectivity index (χ1v) is 22.3. The maximum Gasteiger partial charge on any atom is 0.0547 e. The van der Waals surface area contributed by atoms with E-state index in [0.717, 1.165) is 22.6 Å². The van der Waals surface area contributed by atoms with E-state index in [1.807, 2.05) is 11.3 Å². The van der Waals surface area contributed by atoms with Crippen LogP contribution in [0.1, 0.15) is 0 Å². The minimum absolute atomic E-state index is 1.09. The van der Waals surface area contributed by atoms with Gasteiger partial charge in [-0.1, -0.05) is 176 Å². The van der Waals surface area contributed by atoms with E-state index in [4.69, 9.17) is 0 Å². The summed E-state index contributed by atoms with van der Waals surface area (Å²) in [7, 11) is 0. The standard InChI is InChI=1S/C60H40N2S/c1-3-15-41(16-4-1)42-29-31-43(32-30-42)44-33-35-47(36-34-44)61(55-25-10-7-21-50(55)45-17-5-2-6-18-45)48-20-13-19-46(39-48)51-24-14-27-57-60(51)53-23-8-11-26-56(53)62(57)49-37-38-59-54(40-49)52-22-9-12-28-58(52)63-59/h1-40H. The van der Waals surface area contributed by atoms with Crippen molar-refractivity contribution in [3.63, 3.8) is 0 Å². The highest BCUT2D eigenvalue weighted by Gasteiger charge is 2.21. The molecule has 63 heavy (non-hydrogen) atoms. The normalized spacial score (nSPS) is 11.5. The Morgan fingerprint density at radius 3 is 1.65 bits per heavy atom. The summed E-state index contributed by atoms with van der Waals surface area (Å²) in [4.78, 5) is 2.41. The molecule has 3 heteroatoms. The second-order valence-electron chi connectivity index (χ2n) is 16.1. The molecule has 12 aromatic rings. The number of nitrogens with zero attached hydrogens (tertiary/aromatic N) is 2. The van der Waals surface area contributed by atoms with Crippen molar-refractivity contribution in [3.05, 3.63) is 243 Å². The van der Waals surface area contributed by atoms with Gasteiger partial charge < -0.3 is 9.47 Å². The first-order chi connectivity index (χ1) is 31.2. The zero-order valence-corrected chi connectivity index (χ0v) is 35.2. The number of aromatic nitrogens is 1. The molecule has 296 valence electrons. The Bertz CT molecular complexity index is 3600. The molecule has 0 radical (unpaired) electrons. The maximum absolute atomic E-state index is 2.45. The highest BCUT2D eigenvalue weighted by atomic mass is 32.1. The van der Waals surface area contributed by atoms with Crippen LogP contribution >= 0.6 is 11.3 Å². The van der Waals surface area contributed by atoms with E-state index in [2.05, 4.69) is 252 Å². The summed E-state index contributed by atoms with van der Waals surface area (Å²) >= 11 is 1.86. The molecule has 2 nitrogen and oxygen atoms in total. The monoisotopic (exact) mass is 820 g/mol. The van der Waals surface area contributed by atoms with Crippen LogP contribution < -0.4 is 4.90 Å². The smallest absolute Gasteiger partial charge is 0.0547 e. The molecular weight excluding hydrogens is 781 g/mol. The largest absolute Gasteiger partial charge is 0.310 e. The lowest BCUT2D eigenvalue weighted by atomic mass is 9.97. The maximum atomic E-state index is 2.45. The molecule has 0 amide bonds. The second kappa shape index (κ2) is 15.5. The molecular formula is C60H40N2S. The topological polar surface area (TPSA) is 8.17 Å². The SMILES string of the molecule is c1ccc(-c2ccc(-c3ccc(N(c4cccc(-c5cccc6c5c5ccccc5n6-c5ccc6sc7ccccc7c6c5)c4)c4ccccc4-c4ccccc4)cc3)cc2)cc1. The fraction of sp³-hybridized carbons (Fsp3) is 0. The van der Waals surface area contributed by atoms with Crippen LogP contribution in [-0.4, -0.2) is 4.57 Å². The lowest BCUT2D eigenvalue weighted by Gasteiger charge is -2.28. The number of para-hydroxylation sites is 2. The van der Waals surface area contributed by atoms with Gasteiger partial charge in [0.05, 0.1) is 16.7 Å². The van der Waals surface area contributed by atoms with Crippen molar-refractivity contribution in [1.29, 1.82) is 0 Å². The number of benzene rings is 10. The molecule has 2 aromatic heterocycles. The van der Waals surface area contributed by atoms with E-state index in [1.54, 1.807) is 0 Å². The first-order valence-electron chi connectivity index (χ1n) is 21.5. The van der Waals surface area contributed by atoms with Crippen molar-refractivity contribution < 1.29 is 0 Å². The van der Waals surface area contributed by atoms with Crippen LogP contribution in [0.15, 0.2) is 243 Å². The summed E-state index contributed by atoms with van der Waals surface area (Å²) in [6.45, 7) is 0. The highest BCUT2D eigenvalue weighted by molar-refractivity contribution is 7.25. The van der Waals surface area contributed by atoms with Gasteiger partial charge in [-0.3, -0.25) is 0 Å². The summed E-state index contributed by atoms with van der Waals surface area (Å²) in [5.41, 5.74) is 16.4. The van der Waals surface area contributed by atoms with Crippen molar-refractivity contribution in [1.82, 2.24) is 4.57 Å². The van der Waals surface area contributed by atoms with Crippen molar-refractivity contribution in [2.24, 2.45) is 0 Å². The third-order valence-corrected chi connectivity index (χ3v) is 13.6. The quantitative estimate of drug-likeness (QED) is 0.148. The highest BCUT2D eigenvalue weighted by Crippen LogP contribution is 2.45. The summed E-state index contributed by atoms with van der Waals surface area (Å²) in [6, 6.07) is 88.3. The number of fused-ring (bicyclic) bond motifs is 6. The van der Waals surface area contributed by atoms with Gasteiger partial charge in [-0.05, 0) is 106 Å². The van der Waals surface area contributed by atoms with Crippen molar-refractivity contribution in [2.75, 3.05) is 4.90 Å². The molecule has 0 bridgehead atoms. The van der Waals surface area contributed by atoms with E-state index in [0.29, 0.717) is 0 Å². The van der Waals surface area contributed by atoms with Gasteiger partial charge in [0.25, 0.3) is 0 Å². The molecule has 10 aromatic carbocycles. The van der Waals surface area contributed by atoms with E-state index in [9.17, 15) is 0 Å². The van der Waals surface area contributed by atoms with Gasteiger partial charge in [0.1, 0.15) is 0 Å². The van der Waals surface area contributed by atoms with Gasteiger partial charge in [0.2, 0.25) is 0 Å². The third kappa shape index (κ3) is 6.50. The third-order valence-electron chi connectivity index (χ3n) is 12.4. The Hall–Kier alpha value is -7.98. The van der Waals surface area contributed by atoms with Crippen LogP contribution in [0.2, 0.25) is 0 Å². The van der Waals surface area contributed by atoms with E-state index in [1.165, 1.54) is 86.6 Å². The van der Waals surface area contributed by atoms with Crippen molar-refractivity contribution in [3.8, 4) is 50.2 Å². The van der Waals surface area contributed by atoms with Gasteiger partial charge in [-0.15, -0.1) is 11.3 Å². The fourth-order valence-corrected chi connectivity index (χ4v) is 10.5. The van der Waals surface area contributed by atoms with Gasteiger partial charge in [0, 0.05) is 53.6 Å². The number of hydrogen-bond acceptors (Lipinski definition) is 2. The van der Waals surface area contributed by atoms with Crippen LogP contribution in [0.5, 0.6) is 0 Å². The van der Waals surface area contributed by atoms with Crippen LogP contribution in [-0.2, 0) is 0 Å². The Kier molecular flexibility index (Phi) is 9.06. The Labute approximate surface area is 370 Å². The van der Waals surface area contributed by atoms with Crippen molar-refractivity contribution >= 4 is 70.4 Å². The Morgan fingerprint density at radius 2 is 0.873 bits per heavy atom. The molecule has 0 aliphatic rings. The molecule has 0 saturated heterocycles. The zero-order valence-electron chi connectivity index (χ0n) is 34.4. The number of rotatable bonds is 8. The van der Waals surface area contributed by atoms with Crippen molar-refractivity contribution in [2.45, 2.75) is 0 Å². The van der Waals surface area contributed by atoms with Gasteiger partial charge in [-0.25, -0.2) is 0 Å². The van der Waals surface area contributed by atoms with Gasteiger partial charge in [-0.2, -0.15) is 0 Å². The lowest BCUT2D eigenvalue weighted by molar-refractivity contribution is 1.19. The average molecular weight is 821 g/mol. The molecule has 0 aliphatic heterocycles. The van der Waals surface area contributed by atoms with E-state index < -0.39 is 0 Å². The van der Waals surface area contributed by atoms with Crippen LogP contribution in [0, 0.1) is 0 Å². The second-order valence-corrected chi connectivity index (χ2v) is 17.2. The number of thiophene rings is 1. The number of anilines is 3. The molecule has 12 rings (SSSR count). The lowest BCUT2D eigenvalue weighted by Crippen LogP contribution is -2.11. The molecule has 0 spiro atoms. The molecule has 0 unspecified atom stereocenters. The summed E-state index contributed by atoms with van der Waals surface area (Å²) in [5.74, 6) is 0. The minimum atomic E-state index is 1.09. The van der Waals surface area contributed by atoms with E-state index in [-0.39, 0.29) is 0 Å². The molecule has 0 fully saturated rings. The van der Waals surface area contributed by atoms with Crippen LogP contribution in [0.4, 0.5) is 17.1 Å². The summed E-state index contributed by atoms with van der Waals surface area (Å²) in [5, 5.41) is 5.10. The summed E-state index contributed by atoms with van der Waals surface area (Å²) in [6.07, 6.45) is 0. The average Bonchev–Trinajstić information content (AvgIpc) is 3.91. The minimum Gasteiger partial charge on any atom is -0.310 e. The Morgan fingerprint density at radius 1 is 0.317 bits per heavy atom. The fourth-order valence-electron chi connectivity index (χ4n) is 9.45. The predicted molar refractivity (Wildman–Crippen MR) is 270 cm³/mol. The predicted octanol–water partition coefficient (Wildman–Crippen LogP) is 17.3. The van der Waals surface area contributed by atoms with Crippen LogP contribution in [0.3, 0.4) is 0 Å².